The Labute approximate surface area is 169 Å². The van der Waals surface area contributed by atoms with E-state index in [-0.39, 0.29) is 29.5 Å². The number of benzene rings is 1. The molecule has 1 aliphatic rings. The molecule has 1 aliphatic heterocycles. The van der Waals surface area contributed by atoms with E-state index in [0.29, 0.717) is 28.1 Å². The summed E-state index contributed by atoms with van der Waals surface area (Å²) in [5.41, 5.74) is 1.82. The van der Waals surface area contributed by atoms with Gasteiger partial charge in [-0.15, -0.1) is 0 Å². The van der Waals surface area contributed by atoms with Crippen LogP contribution in [0.5, 0.6) is 0 Å². The summed E-state index contributed by atoms with van der Waals surface area (Å²) in [5, 5.41) is 10.3. The van der Waals surface area contributed by atoms with Crippen molar-refractivity contribution >= 4 is 27.6 Å². The van der Waals surface area contributed by atoms with Crippen molar-refractivity contribution < 1.29 is 8.78 Å². The van der Waals surface area contributed by atoms with Crippen molar-refractivity contribution in [2.75, 3.05) is 18.0 Å². The number of nitriles is 1. The van der Waals surface area contributed by atoms with Crippen LogP contribution in [0.25, 0.3) is 33.1 Å². The Kier molecular flexibility index (Phi) is 4.00. The van der Waals surface area contributed by atoms with E-state index in [9.17, 15) is 18.8 Å². The monoisotopic (exact) mass is 403 g/mol. The van der Waals surface area contributed by atoms with Gasteiger partial charge >= 0.3 is 0 Å². The molecule has 5 rings (SSSR count). The van der Waals surface area contributed by atoms with Crippen LogP contribution in [0.3, 0.4) is 0 Å². The lowest BCUT2D eigenvalue weighted by Crippen LogP contribution is -2.26. The number of para-hydroxylation sites is 1. The molecule has 0 amide bonds. The molecule has 0 spiro atoms. The molecule has 1 saturated heterocycles. The average Bonchev–Trinajstić information content (AvgIpc) is 3.11. The van der Waals surface area contributed by atoms with Gasteiger partial charge in [0.1, 0.15) is 11.9 Å². The lowest BCUT2D eigenvalue weighted by Gasteiger charge is -2.21. The summed E-state index contributed by atoms with van der Waals surface area (Å²) in [5.74, 6) is -2.38. The minimum Gasteiger partial charge on any atom is -0.354 e. The van der Waals surface area contributed by atoms with E-state index >= 15 is 0 Å². The third kappa shape index (κ3) is 2.95. The molecule has 30 heavy (non-hydrogen) atoms. The highest BCUT2D eigenvalue weighted by molar-refractivity contribution is 5.91. The van der Waals surface area contributed by atoms with Crippen LogP contribution >= 0.6 is 0 Å². The van der Waals surface area contributed by atoms with Gasteiger partial charge in [0.15, 0.2) is 11.1 Å². The largest absolute Gasteiger partial charge is 0.354 e. The Bertz CT molecular complexity index is 1410. The number of nitrogens with zero attached hydrogens (tertiary/aromatic N) is 4. The van der Waals surface area contributed by atoms with Crippen LogP contribution in [-0.2, 0) is 0 Å². The maximum atomic E-state index is 13.9. The molecule has 0 aliphatic carbocycles. The van der Waals surface area contributed by atoms with Crippen LogP contribution in [0.4, 0.5) is 14.6 Å². The molecule has 0 bridgehead atoms. The van der Waals surface area contributed by atoms with Gasteiger partial charge in [-0.3, -0.25) is 4.79 Å². The van der Waals surface area contributed by atoms with Gasteiger partial charge in [-0.05, 0) is 18.2 Å². The second kappa shape index (κ2) is 6.59. The van der Waals surface area contributed by atoms with E-state index in [1.807, 2.05) is 36.4 Å². The number of pyridine rings is 3. The summed E-state index contributed by atoms with van der Waals surface area (Å²) in [6.45, 7) is -0.253. The lowest BCUT2D eigenvalue weighted by atomic mass is 10.1. The van der Waals surface area contributed by atoms with E-state index in [4.69, 9.17) is 0 Å². The zero-order valence-corrected chi connectivity index (χ0v) is 15.7. The van der Waals surface area contributed by atoms with Gasteiger partial charge in [-0.25, -0.2) is 18.7 Å². The van der Waals surface area contributed by atoms with Crippen LogP contribution in [0.2, 0.25) is 0 Å². The number of aromatic amines is 1. The predicted molar refractivity (Wildman–Crippen MR) is 110 cm³/mol. The fraction of sp³-hybridized carbons (Fsp3) is 0.182. The first kappa shape index (κ1) is 18.2. The summed E-state index contributed by atoms with van der Waals surface area (Å²) in [7, 11) is 0. The van der Waals surface area contributed by atoms with E-state index in [1.165, 1.54) is 12.3 Å². The van der Waals surface area contributed by atoms with Crippen molar-refractivity contribution in [3.8, 4) is 17.3 Å². The quantitative estimate of drug-likeness (QED) is 0.549. The maximum absolute atomic E-state index is 13.9. The van der Waals surface area contributed by atoms with Gasteiger partial charge in [-0.1, -0.05) is 18.2 Å². The number of aromatic nitrogens is 3. The van der Waals surface area contributed by atoms with Crippen LogP contribution in [0.15, 0.2) is 53.5 Å². The van der Waals surface area contributed by atoms with Crippen LogP contribution < -0.4 is 10.3 Å². The van der Waals surface area contributed by atoms with Crippen LogP contribution in [0.1, 0.15) is 12.1 Å². The van der Waals surface area contributed by atoms with Crippen LogP contribution in [0, 0.1) is 11.3 Å². The van der Waals surface area contributed by atoms with Gasteiger partial charge < -0.3 is 9.88 Å². The van der Waals surface area contributed by atoms with Gasteiger partial charge in [-0.2, -0.15) is 5.26 Å². The second-order valence-electron chi connectivity index (χ2n) is 7.32. The molecular weight excluding hydrogens is 388 g/mol. The minimum atomic E-state index is -2.78. The highest BCUT2D eigenvalue weighted by Crippen LogP contribution is 2.37. The summed E-state index contributed by atoms with van der Waals surface area (Å²) < 4.78 is 27.8. The van der Waals surface area contributed by atoms with Gasteiger partial charge in [0.2, 0.25) is 0 Å². The molecule has 1 fully saturated rings. The fourth-order valence-corrected chi connectivity index (χ4v) is 3.89. The first-order valence-corrected chi connectivity index (χ1v) is 9.40. The standard InChI is InChI=1S/C22H15F2N5O/c23-22(24)6-8-29(12-22)21-14(9-13-3-1-2-4-15(13)28-21)17-10-19(30)20-16(27-17)5-7-26-18(20)11-25/h1-5,7,9-10H,6,8,12H2,(H,27,30). The van der Waals surface area contributed by atoms with E-state index in [2.05, 4.69) is 15.0 Å². The molecule has 0 saturated carbocycles. The number of rotatable bonds is 2. The Hall–Kier alpha value is -3.86. The van der Waals surface area contributed by atoms with Crippen LogP contribution in [-0.4, -0.2) is 34.0 Å². The van der Waals surface area contributed by atoms with Crippen molar-refractivity contribution in [2.24, 2.45) is 0 Å². The number of nitrogens with one attached hydrogen (secondary N) is 1. The predicted octanol–water partition coefficient (Wildman–Crippen LogP) is 3.86. The Balaban J connectivity index is 1.77. The molecular formula is C22H15F2N5O. The summed E-state index contributed by atoms with van der Waals surface area (Å²) in [6.07, 6.45) is 1.20. The number of fused-ring (bicyclic) bond motifs is 2. The third-order valence-corrected chi connectivity index (χ3v) is 5.31. The van der Waals surface area contributed by atoms with E-state index in [0.717, 1.165) is 5.39 Å². The van der Waals surface area contributed by atoms with Gasteiger partial charge in [0.05, 0.1) is 28.7 Å². The number of hydrogen-bond donors (Lipinski definition) is 1. The topological polar surface area (TPSA) is 85.7 Å². The first-order chi connectivity index (χ1) is 14.4. The van der Waals surface area contributed by atoms with Gasteiger partial charge in [0.25, 0.3) is 5.92 Å². The Morgan fingerprint density at radius 3 is 2.80 bits per heavy atom. The molecule has 0 atom stereocenters. The summed E-state index contributed by atoms with van der Waals surface area (Å²) >= 11 is 0. The molecule has 148 valence electrons. The van der Waals surface area contributed by atoms with Crippen molar-refractivity contribution in [1.29, 1.82) is 5.26 Å². The molecule has 8 heteroatoms. The van der Waals surface area contributed by atoms with Crippen molar-refractivity contribution in [3.63, 3.8) is 0 Å². The smallest absolute Gasteiger partial charge is 0.266 e. The van der Waals surface area contributed by atoms with Crippen molar-refractivity contribution in [2.45, 2.75) is 12.3 Å². The first-order valence-electron chi connectivity index (χ1n) is 9.40. The average molecular weight is 403 g/mol. The Morgan fingerprint density at radius 2 is 2.03 bits per heavy atom. The molecule has 1 aromatic carbocycles. The van der Waals surface area contributed by atoms with E-state index < -0.39 is 12.5 Å². The maximum Gasteiger partial charge on any atom is 0.266 e. The zero-order chi connectivity index (χ0) is 20.9. The summed E-state index contributed by atoms with van der Waals surface area (Å²) in [6, 6.07) is 14.2. The zero-order valence-electron chi connectivity index (χ0n) is 15.7. The number of anilines is 1. The highest BCUT2D eigenvalue weighted by atomic mass is 19.3. The number of hydrogen-bond acceptors (Lipinski definition) is 5. The number of halogens is 2. The number of H-pyrrole nitrogens is 1. The van der Waals surface area contributed by atoms with Crippen molar-refractivity contribution in [1.82, 2.24) is 15.0 Å². The molecule has 4 heterocycles. The molecule has 3 aromatic heterocycles. The fourth-order valence-electron chi connectivity index (χ4n) is 3.89. The SMILES string of the molecule is N#Cc1nccc2[nH]c(-c3cc4ccccc4nc3N3CCC(F)(F)C3)cc(=O)c12. The number of alkyl halides is 2. The normalized spacial score (nSPS) is 15.6. The van der Waals surface area contributed by atoms with Crippen molar-refractivity contribution in [3.05, 3.63) is 64.6 Å². The third-order valence-electron chi connectivity index (χ3n) is 5.31. The molecule has 0 unspecified atom stereocenters. The Morgan fingerprint density at radius 1 is 1.20 bits per heavy atom. The van der Waals surface area contributed by atoms with Gasteiger partial charge in [0, 0.05) is 36.2 Å². The highest BCUT2D eigenvalue weighted by Gasteiger charge is 2.39. The molecule has 1 N–H and O–H groups in total. The van der Waals surface area contributed by atoms with E-state index in [1.54, 1.807) is 11.0 Å². The molecule has 4 aromatic rings. The second-order valence-corrected chi connectivity index (χ2v) is 7.32. The molecule has 6 nitrogen and oxygen atoms in total. The lowest BCUT2D eigenvalue weighted by molar-refractivity contribution is 0.0257. The summed E-state index contributed by atoms with van der Waals surface area (Å²) in [4.78, 5) is 26.1. The molecule has 0 radical (unpaired) electrons. The minimum absolute atomic E-state index is 0.0383.